The second kappa shape index (κ2) is 3.39. The van der Waals surface area contributed by atoms with Crippen molar-refractivity contribution >= 4 is 46.4 Å². The van der Waals surface area contributed by atoms with Crippen LogP contribution in [0, 0.1) is 0 Å². The van der Waals surface area contributed by atoms with Crippen molar-refractivity contribution in [3.63, 3.8) is 0 Å². The van der Waals surface area contributed by atoms with E-state index in [-0.39, 0.29) is 15.2 Å². The summed E-state index contributed by atoms with van der Waals surface area (Å²) in [6.45, 7) is 0. The highest BCUT2D eigenvalue weighted by atomic mass is 35.5. The van der Waals surface area contributed by atoms with Gasteiger partial charge in [0.05, 0.1) is 26.3 Å². The zero-order valence-corrected chi connectivity index (χ0v) is 9.97. The summed E-state index contributed by atoms with van der Waals surface area (Å²) in [5.41, 5.74) is 6.03. The lowest BCUT2D eigenvalue weighted by Gasteiger charge is -2.12. The van der Waals surface area contributed by atoms with Gasteiger partial charge in [-0.25, -0.2) is 4.98 Å². The molecule has 2 nitrogen and oxygen atoms in total. The van der Waals surface area contributed by atoms with Crippen LogP contribution in [0.5, 0.6) is 0 Å². The third-order valence-electron chi connectivity index (χ3n) is 2.24. The molecule has 0 atom stereocenters. The molecule has 2 rings (SSSR count). The molecular formula is C8H6Cl4N2. The van der Waals surface area contributed by atoms with Crippen molar-refractivity contribution in [2.24, 2.45) is 5.73 Å². The van der Waals surface area contributed by atoms with E-state index in [1.54, 1.807) is 0 Å². The van der Waals surface area contributed by atoms with E-state index in [0.29, 0.717) is 10.7 Å². The predicted molar refractivity (Wildman–Crippen MR) is 59.4 cm³/mol. The lowest BCUT2D eigenvalue weighted by Crippen LogP contribution is -2.21. The Morgan fingerprint density at radius 3 is 2.07 bits per heavy atom. The third-order valence-corrected chi connectivity index (χ3v) is 3.92. The molecule has 1 heterocycles. The average molecular weight is 272 g/mol. The smallest absolute Gasteiger partial charge is 0.149 e. The maximum Gasteiger partial charge on any atom is 0.149 e. The summed E-state index contributed by atoms with van der Waals surface area (Å²) < 4.78 is 0. The quantitative estimate of drug-likeness (QED) is 0.792. The number of hydrogen-bond donors (Lipinski definition) is 1. The molecule has 0 aromatic carbocycles. The molecular weight excluding hydrogens is 266 g/mol. The Morgan fingerprint density at radius 1 is 1.00 bits per heavy atom. The summed E-state index contributed by atoms with van der Waals surface area (Å²) in [4.78, 5) is 4.06. The molecule has 1 aromatic rings. The first-order valence-corrected chi connectivity index (χ1v) is 5.46. The molecule has 0 amide bonds. The lowest BCUT2D eigenvalue weighted by molar-refractivity contribution is 0.708. The summed E-state index contributed by atoms with van der Waals surface area (Å²) in [6, 6.07) is 0. The fourth-order valence-corrected chi connectivity index (χ4v) is 2.10. The molecule has 0 radical (unpaired) electrons. The Balaban J connectivity index is 2.62. The predicted octanol–water partition coefficient (Wildman–Crippen LogP) is 3.64. The van der Waals surface area contributed by atoms with Crippen LogP contribution in [0.4, 0.5) is 0 Å². The van der Waals surface area contributed by atoms with Crippen LogP contribution in [0.2, 0.25) is 20.2 Å². The van der Waals surface area contributed by atoms with Crippen LogP contribution in [0.3, 0.4) is 0 Å². The molecule has 14 heavy (non-hydrogen) atoms. The summed E-state index contributed by atoms with van der Waals surface area (Å²) in [5.74, 6) is 0. The summed E-state index contributed by atoms with van der Waals surface area (Å²) in [5, 5.41) is 0.847. The molecule has 0 aliphatic heterocycles. The maximum atomic E-state index is 5.98. The van der Waals surface area contributed by atoms with Gasteiger partial charge in [-0.1, -0.05) is 46.4 Å². The minimum atomic E-state index is -0.463. The van der Waals surface area contributed by atoms with Crippen molar-refractivity contribution < 1.29 is 0 Å². The van der Waals surface area contributed by atoms with Crippen molar-refractivity contribution in [3.05, 3.63) is 25.9 Å². The molecule has 0 unspecified atom stereocenters. The minimum absolute atomic E-state index is 0.146. The summed E-state index contributed by atoms with van der Waals surface area (Å²) >= 11 is 23.4. The van der Waals surface area contributed by atoms with Gasteiger partial charge in [-0.05, 0) is 12.8 Å². The number of aromatic nitrogens is 1. The highest BCUT2D eigenvalue weighted by Crippen LogP contribution is 2.48. The van der Waals surface area contributed by atoms with Gasteiger partial charge in [0.1, 0.15) is 5.15 Å². The van der Waals surface area contributed by atoms with Crippen LogP contribution in [-0.2, 0) is 5.54 Å². The van der Waals surface area contributed by atoms with Gasteiger partial charge in [-0.15, -0.1) is 0 Å². The number of hydrogen-bond acceptors (Lipinski definition) is 2. The fourth-order valence-electron chi connectivity index (χ4n) is 1.19. The fraction of sp³-hybridized carbons (Fsp3) is 0.375. The van der Waals surface area contributed by atoms with E-state index >= 15 is 0 Å². The SMILES string of the molecule is NC1(c2nc(Cl)c(Cl)c(Cl)c2Cl)CC1. The Labute approximate surface area is 101 Å². The largest absolute Gasteiger partial charge is 0.320 e. The molecule has 0 saturated heterocycles. The van der Waals surface area contributed by atoms with E-state index in [4.69, 9.17) is 52.1 Å². The van der Waals surface area contributed by atoms with Crippen molar-refractivity contribution in [3.8, 4) is 0 Å². The Morgan fingerprint density at radius 2 is 1.57 bits per heavy atom. The van der Waals surface area contributed by atoms with Gasteiger partial charge in [0, 0.05) is 0 Å². The van der Waals surface area contributed by atoms with Gasteiger partial charge in [0.2, 0.25) is 0 Å². The van der Waals surface area contributed by atoms with Crippen LogP contribution in [0.25, 0.3) is 0 Å². The molecule has 1 aliphatic rings. The number of nitrogens with zero attached hydrogens (tertiary/aromatic N) is 1. The van der Waals surface area contributed by atoms with E-state index in [9.17, 15) is 0 Å². The first-order chi connectivity index (χ1) is 6.46. The molecule has 2 N–H and O–H groups in total. The van der Waals surface area contributed by atoms with Crippen molar-refractivity contribution in [1.82, 2.24) is 4.98 Å². The second-order valence-electron chi connectivity index (χ2n) is 3.35. The maximum absolute atomic E-state index is 5.98. The highest BCUT2D eigenvalue weighted by molar-refractivity contribution is 6.51. The zero-order valence-electron chi connectivity index (χ0n) is 6.95. The van der Waals surface area contributed by atoms with Gasteiger partial charge in [-0.2, -0.15) is 0 Å². The number of pyridine rings is 1. The first-order valence-electron chi connectivity index (χ1n) is 3.95. The molecule has 1 saturated carbocycles. The summed E-state index contributed by atoms with van der Waals surface area (Å²) in [7, 11) is 0. The van der Waals surface area contributed by atoms with Crippen LogP contribution in [-0.4, -0.2) is 4.98 Å². The van der Waals surface area contributed by atoms with Crippen LogP contribution >= 0.6 is 46.4 Å². The lowest BCUT2D eigenvalue weighted by atomic mass is 10.2. The average Bonchev–Trinajstić information content (AvgIpc) is 2.87. The number of halogens is 4. The van der Waals surface area contributed by atoms with Gasteiger partial charge in [-0.3, -0.25) is 0 Å². The summed E-state index contributed by atoms with van der Waals surface area (Å²) in [6.07, 6.45) is 1.68. The van der Waals surface area contributed by atoms with E-state index in [1.165, 1.54) is 0 Å². The van der Waals surface area contributed by atoms with Crippen molar-refractivity contribution in [2.45, 2.75) is 18.4 Å². The zero-order chi connectivity index (χ0) is 10.5. The van der Waals surface area contributed by atoms with Crippen LogP contribution in [0.1, 0.15) is 18.5 Å². The minimum Gasteiger partial charge on any atom is -0.320 e. The third kappa shape index (κ3) is 1.59. The first kappa shape index (κ1) is 10.8. The number of rotatable bonds is 1. The number of nitrogens with two attached hydrogens (primary N) is 1. The molecule has 1 fully saturated rings. The van der Waals surface area contributed by atoms with Gasteiger partial charge < -0.3 is 5.73 Å². The Hall–Kier alpha value is 0.270. The molecule has 1 aromatic heterocycles. The van der Waals surface area contributed by atoms with Crippen LogP contribution in [0.15, 0.2) is 0 Å². The van der Waals surface area contributed by atoms with Crippen LogP contribution < -0.4 is 5.73 Å². The molecule has 6 heteroatoms. The van der Waals surface area contributed by atoms with E-state index in [0.717, 1.165) is 12.8 Å². The molecule has 0 bridgehead atoms. The molecule has 76 valence electrons. The van der Waals surface area contributed by atoms with E-state index in [2.05, 4.69) is 4.98 Å². The van der Waals surface area contributed by atoms with Crippen molar-refractivity contribution in [2.75, 3.05) is 0 Å². The van der Waals surface area contributed by atoms with E-state index < -0.39 is 5.54 Å². The molecule has 0 spiro atoms. The van der Waals surface area contributed by atoms with Gasteiger partial charge >= 0.3 is 0 Å². The normalized spacial score (nSPS) is 18.4. The molecule has 1 aliphatic carbocycles. The van der Waals surface area contributed by atoms with Gasteiger partial charge in [0.15, 0.2) is 0 Å². The Bertz CT molecular complexity index is 401. The van der Waals surface area contributed by atoms with Crippen molar-refractivity contribution in [1.29, 1.82) is 0 Å². The second-order valence-corrected chi connectivity index (χ2v) is 4.84. The Kier molecular flexibility index (Phi) is 2.61. The monoisotopic (exact) mass is 270 g/mol. The van der Waals surface area contributed by atoms with E-state index in [1.807, 2.05) is 0 Å². The standard InChI is InChI=1S/C8H6Cl4N2/c9-3-4(10)6(8(13)1-2-8)14-7(12)5(3)11/h1-2,13H2. The highest BCUT2D eigenvalue weighted by Gasteiger charge is 2.44. The topological polar surface area (TPSA) is 38.9 Å². The van der Waals surface area contributed by atoms with Gasteiger partial charge in [0.25, 0.3) is 0 Å².